The van der Waals surface area contributed by atoms with Crippen LogP contribution in [0.25, 0.3) is 21.0 Å². The van der Waals surface area contributed by atoms with Crippen LogP contribution in [0.1, 0.15) is 50.1 Å². The number of anilines is 1. The molecule has 0 bridgehead atoms. The van der Waals surface area contributed by atoms with Crippen molar-refractivity contribution in [1.82, 2.24) is 9.97 Å². The highest BCUT2D eigenvalue weighted by Crippen LogP contribution is 2.59. The average molecular weight is 591 g/mol. The zero-order chi connectivity index (χ0) is 28.4. The van der Waals surface area contributed by atoms with Crippen molar-refractivity contribution in [3.05, 3.63) is 54.2 Å². The van der Waals surface area contributed by atoms with Crippen molar-refractivity contribution in [3.63, 3.8) is 0 Å². The highest BCUT2D eigenvalue weighted by Gasteiger charge is 2.53. The van der Waals surface area contributed by atoms with Crippen LogP contribution >= 0.6 is 11.3 Å². The molecule has 3 aliphatic carbocycles. The normalized spacial score (nSPS) is 27.5. The van der Waals surface area contributed by atoms with Crippen LogP contribution in [0.4, 0.5) is 10.1 Å². The third-order valence-corrected chi connectivity index (χ3v) is 12.3. The van der Waals surface area contributed by atoms with Gasteiger partial charge in [0.25, 0.3) is 0 Å². The van der Waals surface area contributed by atoms with Gasteiger partial charge in [0.2, 0.25) is 0 Å². The van der Waals surface area contributed by atoms with Gasteiger partial charge in [-0.05, 0) is 67.7 Å². The number of thiazole rings is 1. The maximum absolute atomic E-state index is 14.1. The van der Waals surface area contributed by atoms with E-state index in [4.69, 9.17) is 4.98 Å². The Labute approximate surface area is 243 Å². The van der Waals surface area contributed by atoms with E-state index in [2.05, 4.69) is 16.0 Å². The van der Waals surface area contributed by atoms with E-state index in [1.807, 2.05) is 24.3 Å². The summed E-state index contributed by atoms with van der Waals surface area (Å²) >= 11 is 1.49. The van der Waals surface area contributed by atoms with Crippen molar-refractivity contribution in [3.8, 4) is 27.1 Å². The molecule has 7 nitrogen and oxygen atoms in total. The number of sulfone groups is 1. The Morgan fingerprint density at radius 3 is 2.49 bits per heavy atom. The van der Waals surface area contributed by atoms with E-state index >= 15 is 0 Å². The third-order valence-electron chi connectivity index (χ3n) is 9.48. The molecule has 3 saturated carbocycles. The summed E-state index contributed by atoms with van der Waals surface area (Å²) in [6.45, 7) is 0.950. The first kappa shape index (κ1) is 26.7. The number of ketones is 1. The minimum Gasteiger partial charge on any atom is -0.369 e. The van der Waals surface area contributed by atoms with Crippen LogP contribution < -0.4 is 4.90 Å². The first-order valence-electron chi connectivity index (χ1n) is 14.3. The average Bonchev–Trinajstić information content (AvgIpc) is 3.88. The molecule has 4 aliphatic rings. The molecule has 1 saturated heterocycles. The Bertz CT molecular complexity index is 1640. The van der Waals surface area contributed by atoms with Gasteiger partial charge in [-0.25, -0.2) is 17.8 Å². The lowest BCUT2D eigenvalue weighted by Gasteiger charge is -2.30. The molecule has 1 aliphatic heterocycles. The molecule has 212 valence electrons. The molecule has 2 aromatic heterocycles. The van der Waals surface area contributed by atoms with Gasteiger partial charge in [-0.2, -0.15) is 5.26 Å². The molecule has 3 heterocycles. The zero-order valence-electron chi connectivity index (χ0n) is 22.6. The lowest BCUT2D eigenvalue weighted by atomic mass is 9.73. The highest BCUT2D eigenvalue weighted by molar-refractivity contribution is 7.91. The molecule has 4 fully saturated rings. The van der Waals surface area contributed by atoms with Gasteiger partial charge in [0.15, 0.2) is 9.84 Å². The number of carbonyl (C=O) groups is 1. The van der Waals surface area contributed by atoms with Crippen LogP contribution in [0, 0.1) is 40.3 Å². The Morgan fingerprint density at radius 1 is 1.07 bits per heavy atom. The number of pyridine rings is 1. The molecule has 2 unspecified atom stereocenters. The van der Waals surface area contributed by atoms with Crippen LogP contribution in [0.15, 0.2) is 42.7 Å². The second-order valence-corrected chi connectivity index (χ2v) is 15.6. The van der Waals surface area contributed by atoms with Gasteiger partial charge in [-0.15, -0.1) is 11.3 Å². The number of halogens is 1. The van der Waals surface area contributed by atoms with Crippen molar-refractivity contribution in [2.75, 3.05) is 29.5 Å². The molecule has 3 aromatic rings. The van der Waals surface area contributed by atoms with Gasteiger partial charge in [0, 0.05) is 48.8 Å². The number of benzene rings is 1. The van der Waals surface area contributed by atoms with Crippen LogP contribution in [-0.2, 0) is 14.6 Å². The van der Waals surface area contributed by atoms with Gasteiger partial charge in [0.1, 0.15) is 16.6 Å². The molecule has 0 amide bonds. The van der Waals surface area contributed by atoms with Gasteiger partial charge >= 0.3 is 0 Å². The summed E-state index contributed by atoms with van der Waals surface area (Å²) in [6, 6.07) is 11.9. The summed E-state index contributed by atoms with van der Waals surface area (Å²) in [5.74, 6) is 1.04. The number of Topliss-reactive ketones (excluding diaryl/α,β-unsaturated/α-hetero) is 1. The monoisotopic (exact) mass is 590 g/mol. The van der Waals surface area contributed by atoms with E-state index in [0.29, 0.717) is 41.9 Å². The van der Waals surface area contributed by atoms with E-state index < -0.39 is 21.1 Å². The predicted molar refractivity (Wildman–Crippen MR) is 156 cm³/mol. The molecule has 0 N–H and O–H groups in total. The summed E-state index contributed by atoms with van der Waals surface area (Å²) < 4.78 is 37.9. The minimum absolute atomic E-state index is 0.0470. The third kappa shape index (κ3) is 5.30. The molecule has 41 heavy (non-hydrogen) atoms. The lowest BCUT2D eigenvalue weighted by molar-refractivity contribution is -0.125. The maximum Gasteiger partial charge on any atom is 0.153 e. The highest BCUT2D eigenvalue weighted by atomic mass is 32.2. The Hall–Kier alpha value is -3.16. The van der Waals surface area contributed by atoms with E-state index in [0.717, 1.165) is 53.9 Å². The van der Waals surface area contributed by atoms with Crippen LogP contribution in [-0.4, -0.2) is 48.8 Å². The van der Waals surface area contributed by atoms with E-state index in [1.165, 1.54) is 23.6 Å². The summed E-state index contributed by atoms with van der Waals surface area (Å²) in [5, 5.41) is 10.3. The quantitative estimate of drug-likeness (QED) is 0.351. The summed E-state index contributed by atoms with van der Waals surface area (Å²) in [6.07, 6.45) is 7.60. The summed E-state index contributed by atoms with van der Waals surface area (Å²) in [5.41, 5.74) is 2.97. The van der Waals surface area contributed by atoms with Crippen molar-refractivity contribution >= 4 is 32.6 Å². The van der Waals surface area contributed by atoms with Gasteiger partial charge < -0.3 is 4.90 Å². The van der Waals surface area contributed by atoms with E-state index in [-0.39, 0.29) is 29.1 Å². The Morgan fingerprint density at radius 2 is 1.80 bits per heavy atom. The van der Waals surface area contributed by atoms with Crippen molar-refractivity contribution in [2.24, 2.45) is 23.2 Å². The minimum atomic E-state index is -2.97. The van der Waals surface area contributed by atoms with Crippen molar-refractivity contribution in [1.29, 1.82) is 5.26 Å². The second-order valence-electron chi connectivity index (χ2n) is 12.3. The predicted octanol–water partition coefficient (Wildman–Crippen LogP) is 5.64. The maximum atomic E-state index is 14.1. The number of nitriles is 1. The van der Waals surface area contributed by atoms with Crippen LogP contribution in [0.5, 0.6) is 0 Å². The fourth-order valence-corrected chi connectivity index (χ4v) is 9.03. The molecule has 7 rings (SSSR count). The van der Waals surface area contributed by atoms with E-state index in [9.17, 15) is 22.9 Å². The zero-order valence-corrected chi connectivity index (χ0v) is 24.3. The smallest absolute Gasteiger partial charge is 0.153 e. The standard InChI is InChI=1S/C31H31FN4O3S2/c32-23-12-22(16-34-17-23)30-35-28(26-14-21-11-20(21)13-25(26)27(37)15-31(18-33)5-6-31)29(40-30)19-1-3-24(4-2-19)36-7-9-41(38,39)10-8-36/h1-4,12,16-17,20-21,25-26H,5-11,13-15H2/t20?,21?,25-,26-/m1/s1. The largest absolute Gasteiger partial charge is 0.369 e. The Balaban J connectivity index is 1.25. The molecule has 4 atom stereocenters. The number of nitrogens with zero attached hydrogens (tertiary/aromatic N) is 4. The van der Waals surface area contributed by atoms with Gasteiger partial charge in [-0.1, -0.05) is 12.1 Å². The first-order chi connectivity index (χ1) is 19.7. The fraction of sp³-hybridized carbons (Fsp3) is 0.484. The lowest BCUT2D eigenvalue weighted by Crippen LogP contribution is -2.40. The number of fused-ring (bicyclic) bond motifs is 1. The van der Waals surface area contributed by atoms with Gasteiger partial charge in [-0.3, -0.25) is 9.78 Å². The first-order valence-corrected chi connectivity index (χ1v) is 17.0. The van der Waals surface area contributed by atoms with E-state index in [1.54, 1.807) is 6.20 Å². The van der Waals surface area contributed by atoms with Crippen LogP contribution in [0.3, 0.4) is 0 Å². The number of rotatable bonds is 7. The van der Waals surface area contributed by atoms with Crippen molar-refractivity contribution < 1.29 is 17.6 Å². The molecule has 0 spiro atoms. The number of aromatic nitrogens is 2. The molecular formula is C31H31FN4O3S2. The molecule has 0 radical (unpaired) electrons. The second kappa shape index (κ2) is 9.99. The Kier molecular flexibility index (Phi) is 6.51. The molecule has 1 aromatic carbocycles. The molecular weight excluding hydrogens is 559 g/mol. The number of hydrogen-bond donors (Lipinski definition) is 0. The van der Waals surface area contributed by atoms with Gasteiger partial charge in [0.05, 0.1) is 39.8 Å². The number of hydrogen-bond acceptors (Lipinski definition) is 8. The number of carbonyl (C=O) groups excluding carboxylic acids is 1. The van der Waals surface area contributed by atoms with Crippen LogP contribution in [0.2, 0.25) is 0 Å². The topological polar surface area (TPSA) is 104 Å². The SMILES string of the molecule is N#CC1(CC(=O)[C@@H]2CC3CC3C[C@H]2c2nc(-c3cncc(F)c3)sc2-c2ccc(N3CCS(=O)(=O)CC3)cc2)CC1. The fourth-order valence-electron chi connectivity index (χ4n) is 6.71. The summed E-state index contributed by atoms with van der Waals surface area (Å²) in [7, 11) is -2.97. The summed E-state index contributed by atoms with van der Waals surface area (Å²) in [4.78, 5) is 25.9. The molecule has 10 heteroatoms. The van der Waals surface area contributed by atoms with Crippen molar-refractivity contribution in [2.45, 2.75) is 44.4 Å².